The van der Waals surface area contributed by atoms with Crippen molar-refractivity contribution in [2.75, 3.05) is 0 Å². The number of hydrogen-bond donors (Lipinski definition) is 0. The molecule has 110 valence electrons. The summed E-state index contributed by atoms with van der Waals surface area (Å²) in [5.41, 5.74) is 2.47. The van der Waals surface area contributed by atoms with E-state index in [1.54, 1.807) is 0 Å². The molecule has 2 nitrogen and oxygen atoms in total. The highest BCUT2D eigenvalue weighted by atomic mass is 35.5. The van der Waals surface area contributed by atoms with E-state index < -0.39 is 0 Å². The Balaban J connectivity index is 1.99. The van der Waals surface area contributed by atoms with E-state index in [-0.39, 0.29) is 0 Å². The average Bonchev–Trinajstić information content (AvgIpc) is 2.51. The van der Waals surface area contributed by atoms with Gasteiger partial charge in [0, 0.05) is 11.1 Å². The fourth-order valence-corrected chi connectivity index (χ4v) is 4.56. The molecule has 0 aromatic carbocycles. The number of rotatable bonds is 2. The highest BCUT2D eigenvalue weighted by Crippen LogP contribution is 2.45. The fourth-order valence-electron chi connectivity index (χ4n) is 3.98. The van der Waals surface area contributed by atoms with Crippen LogP contribution < -0.4 is 0 Å². The van der Waals surface area contributed by atoms with Crippen molar-refractivity contribution < 1.29 is 0 Å². The van der Waals surface area contributed by atoms with Crippen molar-refractivity contribution in [2.45, 2.75) is 76.0 Å². The van der Waals surface area contributed by atoms with Crippen LogP contribution in [-0.4, -0.2) is 10.2 Å². The van der Waals surface area contributed by atoms with E-state index in [9.17, 15) is 0 Å². The highest BCUT2D eigenvalue weighted by molar-refractivity contribution is 6.32. The topological polar surface area (TPSA) is 25.8 Å². The second-order valence-electron chi connectivity index (χ2n) is 6.28. The summed E-state index contributed by atoms with van der Waals surface area (Å²) in [6, 6.07) is 0. The summed E-state index contributed by atoms with van der Waals surface area (Å²) in [5, 5.41) is 9.38. The first kappa shape index (κ1) is 14.6. The van der Waals surface area contributed by atoms with Crippen LogP contribution in [0.1, 0.15) is 87.2 Å². The van der Waals surface area contributed by atoms with Crippen molar-refractivity contribution in [1.82, 2.24) is 10.2 Å². The molecule has 0 spiro atoms. The van der Waals surface area contributed by atoms with Crippen molar-refractivity contribution in [3.8, 4) is 0 Å². The molecule has 2 saturated carbocycles. The maximum atomic E-state index is 6.42. The SMILES string of the molecule is Clc1nnc(Cl)c(C2CCCCC2)c1C1CCCCC1. The smallest absolute Gasteiger partial charge is 0.137 e. The van der Waals surface area contributed by atoms with Crippen LogP contribution in [0.25, 0.3) is 0 Å². The van der Waals surface area contributed by atoms with E-state index >= 15 is 0 Å². The lowest BCUT2D eigenvalue weighted by Gasteiger charge is -2.30. The van der Waals surface area contributed by atoms with Crippen molar-refractivity contribution in [3.63, 3.8) is 0 Å². The van der Waals surface area contributed by atoms with Gasteiger partial charge in [0.25, 0.3) is 0 Å². The zero-order valence-corrected chi connectivity index (χ0v) is 13.4. The third-order valence-corrected chi connectivity index (χ3v) is 5.55. The summed E-state index contributed by atoms with van der Waals surface area (Å²) in [6.07, 6.45) is 12.8. The van der Waals surface area contributed by atoms with Crippen LogP contribution in [0.4, 0.5) is 0 Å². The molecule has 0 N–H and O–H groups in total. The molecular weight excluding hydrogens is 291 g/mol. The molecule has 0 radical (unpaired) electrons. The van der Waals surface area contributed by atoms with Crippen LogP contribution in [-0.2, 0) is 0 Å². The van der Waals surface area contributed by atoms with Crippen molar-refractivity contribution in [1.29, 1.82) is 0 Å². The van der Waals surface area contributed by atoms with Gasteiger partial charge in [-0.25, -0.2) is 0 Å². The van der Waals surface area contributed by atoms with E-state index in [1.807, 2.05) is 0 Å². The van der Waals surface area contributed by atoms with Crippen LogP contribution in [0.15, 0.2) is 0 Å². The lowest BCUT2D eigenvalue weighted by Crippen LogP contribution is -2.15. The summed E-state index contributed by atoms with van der Waals surface area (Å²) in [4.78, 5) is 0. The van der Waals surface area contributed by atoms with E-state index in [2.05, 4.69) is 10.2 Å². The highest BCUT2D eigenvalue weighted by Gasteiger charge is 2.29. The molecular formula is C16H22Cl2N2. The average molecular weight is 313 g/mol. The van der Waals surface area contributed by atoms with Gasteiger partial charge in [0.05, 0.1) is 0 Å². The van der Waals surface area contributed by atoms with Gasteiger partial charge < -0.3 is 0 Å². The minimum absolute atomic E-state index is 0.543. The van der Waals surface area contributed by atoms with Crippen LogP contribution in [0.2, 0.25) is 10.3 Å². The molecule has 1 aromatic heterocycles. The summed E-state index contributed by atoms with van der Waals surface area (Å²) in [7, 11) is 0. The van der Waals surface area contributed by atoms with Gasteiger partial charge in [-0.2, -0.15) is 0 Å². The van der Waals surface area contributed by atoms with Crippen molar-refractivity contribution in [3.05, 3.63) is 21.4 Å². The van der Waals surface area contributed by atoms with E-state index in [1.165, 1.54) is 75.3 Å². The zero-order valence-electron chi connectivity index (χ0n) is 11.9. The molecule has 1 heterocycles. The second kappa shape index (κ2) is 6.62. The quantitative estimate of drug-likeness (QED) is 0.681. The number of nitrogens with zero attached hydrogens (tertiary/aromatic N) is 2. The standard InChI is InChI=1S/C16H22Cl2N2/c17-15-13(11-7-3-1-4-8-11)14(16(18)20-19-15)12-9-5-2-6-10-12/h11-12H,1-10H2. The van der Waals surface area contributed by atoms with Gasteiger partial charge in [-0.3, -0.25) is 0 Å². The molecule has 2 aliphatic rings. The molecule has 0 saturated heterocycles. The lowest BCUT2D eigenvalue weighted by atomic mass is 9.77. The molecule has 0 amide bonds. The Morgan fingerprint density at radius 1 is 0.600 bits per heavy atom. The van der Waals surface area contributed by atoms with Crippen molar-refractivity contribution >= 4 is 23.2 Å². The number of halogens is 2. The Hall–Kier alpha value is -0.340. The minimum Gasteiger partial charge on any atom is -0.137 e. The Labute approximate surface area is 131 Å². The van der Waals surface area contributed by atoms with Crippen LogP contribution in [0, 0.1) is 0 Å². The summed E-state index contributed by atoms with van der Waals surface area (Å²) >= 11 is 12.8. The van der Waals surface area contributed by atoms with Gasteiger partial charge in [-0.05, 0) is 37.5 Å². The molecule has 3 rings (SSSR count). The molecule has 2 fully saturated rings. The first-order valence-corrected chi connectivity index (χ1v) is 8.74. The largest absolute Gasteiger partial charge is 0.155 e. The predicted octanol–water partition coefficient (Wildman–Crippen LogP) is 5.88. The van der Waals surface area contributed by atoms with Gasteiger partial charge >= 0.3 is 0 Å². The number of hydrogen-bond acceptors (Lipinski definition) is 2. The molecule has 4 heteroatoms. The summed E-state index contributed by atoms with van der Waals surface area (Å²) in [5.74, 6) is 1.09. The van der Waals surface area contributed by atoms with Gasteiger partial charge in [-0.1, -0.05) is 61.7 Å². The molecule has 0 aliphatic heterocycles. The summed E-state index contributed by atoms with van der Waals surface area (Å²) < 4.78 is 0. The maximum Gasteiger partial charge on any atom is 0.155 e. The Kier molecular flexibility index (Phi) is 4.83. The first-order chi connectivity index (χ1) is 9.77. The van der Waals surface area contributed by atoms with Crippen LogP contribution in [0.5, 0.6) is 0 Å². The third kappa shape index (κ3) is 2.96. The molecule has 0 unspecified atom stereocenters. The molecule has 2 aliphatic carbocycles. The first-order valence-electron chi connectivity index (χ1n) is 7.99. The van der Waals surface area contributed by atoms with Crippen LogP contribution >= 0.6 is 23.2 Å². The Bertz CT molecular complexity index is 421. The number of aromatic nitrogens is 2. The zero-order chi connectivity index (χ0) is 13.9. The Morgan fingerprint density at radius 3 is 1.30 bits per heavy atom. The van der Waals surface area contributed by atoms with Gasteiger partial charge in [0.15, 0.2) is 10.3 Å². The fraction of sp³-hybridized carbons (Fsp3) is 0.750. The molecule has 0 atom stereocenters. The van der Waals surface area contributed by atoms with Gasteiger partial charge in [-0.15, -0.1) is 10.2 Å². The van der Waals surface area contributed by atoms with E-state index in [0.29, 0.717) is 22.1 Å². The minimum atomic E-state index is 0.543. The van der Waals surface area contributed by atoms with Crippen LogP contribution in [0.3, 0.4) is 0 Å². The monoisotopic (exact) mass is 312 g/mol. The lowest BCUT2D eigenvalue weighted by molar-refractivity contribution is 0.416. The van der Waals surface area contributed by atoms with E-state index in [4.69, 9.17) is 23.2 Å². The predicted molar refractivity (Wildman–Crippen MR) is 83.7 cm³/mol. The molecule has 0 bridgehead atoms. The Morgan fingerprint density at radius 2 is 0.950 bits per heavy atom. The van der Waals surface area contributed by atoms with Gasteiger partial charge in [0.1, 0.15) is 0 Å². The van der Waals surface area contributed by atoms with Crippen molar-refractivity contribution in [2.24, 2.45) is 0 Å². The maximum absolute atomic E-state index is 6.42. The normalized spacial score (nSPS) is 22.1. The third-order valence-electron chi connectivity index (χ3n) is 4.99. The molecule has 1 aromatic rings. The van der Waals surface area contributed by atoms with Gasteiger partial charge in [0.2, 0.25) is 0 Å². The summed E-state index contributed by atoms with van der Waals surface area (Å²) in [6.45, 7) is 0. The molecule has 20 heavy (non-hydrogen) atoms. The second-order valence-corrected chi connectivity index (χ2v) is 6.99. The van der Waals surface area contributed by atoms with E-state index in [0.717, 1.165) is 0 Å².